The Balaban J connectivity index is 1.16. The van der Waals surface area contributed by atoms with Gasteiger partial charge in [-0.2, -0.15) is 0 Å². The zero-order valence-electron chi connectivity index (χ0n) is 30.9. The first-order valence-corrected chi connectivity index (χ1v) is 18.9. The van der Waals surface area contributed by atoms with Crippen molar-refractivity contribution in [1.82, 2.24) is 4.98 Å². The first kappa shape index (κ1) is 34.0. The summed E-state index contributed by atoms with van der Waals surface area (Å²) in [6, 6.07) is 50.0. The zero-order valence-corrected chi connectivity index (χ0v) is 30.9. The van der Waals surface area contributed by atoms with Gasteiger partial charge in [0.25, 0.3) is 0 Å². The molecule has 0 saturated heterocycles. The molecule has 0 atom stereocenters. The highest BCUT2D eigenvalue weighted by molar-refractivity contribution is 5.97. The van der Waals surface area contributed by atoms with Crippen LogP contribution < -0.4 is 4.90 Å². The van der Waals surface area contributed by atoms with Gasteiger partial charge in [-0.25, -0.2) is 0 Å². The van der Waals surface area contributed by atoms with E-state index < -0.39 is 5.41 Å². The number of fused-ring (bicyclic) bond motifs is 1. The van der Waals surface area contributed by atoms with Gasteiger partial charge < -0.3 is 9.32 Å². The molecular formula is C51H41N3O. The van der Waals surface area contributed by atoms with Gasteiger partial charge in [-0.3, -0.25) is 9.98 Å². The lowest BCUT2D eigenvalue weighted by molar-refractivity contribution is 0.610. The molecule has 0 spiro atoms. The van der Waals surface area contributed by atoms with Gasteiger partial charge in [-0.15, -0.1) is 0 Å². The quantitative estimate of drug-likeness (QED) is 0.111. The molecule has 55 heavy (non-hydrogen) atoms. The molecule has 3 heterocycles. The highest BCUT2D eigenvalue weighted by Gasteiger charge is 2.34. The Labute approximate surface area is 322 Å². The fourth-order valence-electron chi connectivity index (χ4n) is 8.22. The molecule has 0 fully saturated rings. The highest BCUT2D eigenvalue weighted by atomic mass is 16.4. The van der Waals surface area contributed by atoms with Crippen LogP contribution in [0.1, 0.15) is 53.1 Å². The van der Waals surface area contributed by atoms with Crippen molar-refractivity contribution in [2.24, 2.45) is 4.99 Å². The zero-order chi connectivity index (χ0) is 37.2. The molecule has 4 nitrogen and oxygen atoms in total. The lowest BCUT2D eigenvalue weighted by Gasteiger charge is -2.35. The van der Waals surface area contributed by atoms with Gasteiger partial charge in [-0.05, 0) is 124 Å². The van der Waals surface area contributed by atoms with Crippen molar-refractivity contribution in [3.05, 3.63) is 216 Å². The van der Waals surface area contributed by atoms with E-state index in [4.69, 9.17) is 4.42 Å². The molecule has 2 aliphatic rings. The van der Waals surface area contributed by atoms with Crippen LogP contribution in [-0.4, -0.2) is 18.2 Å². The van der Waals surface area contributed by atoms with Gasteiger partial charge in [0, 0.05) is 35.9 Å². The van der Waals surface area contributed by atoms with Crippen LogP contribution in [0.15, 0.2) is 192 Å². The molecule has 0 saturated carbocycles. The summed E-state index contributed by atoms with van der Waals surface area (Å²) in [5.74, 6) is 0.704. The maximum atomic E-state index is 6.32. The van der Waals surface area contributed by atoms with E-state index in [9.17, 15) is 0 Å². The van der Waals surface area contributed by atoms with E-state index in [1.165, 1.54) is 44.5 Å². The van der Waals surface area contributed by atoms with Crippen molar-refractivity contribution in [2.45, 2.75) is 25.2 Å². The highest BCUT2D eigenvalue weighted by Crippen LogP contribution is 2.46. The SMILES string of the molecule is C=Nc1c(N2C=C(c3cccc(-c4ccc(C5=CC=C(c6ccncc6)CC5)c(C(C)(c5ccccc5)c5ccccc5)c4)c3)C=CC2)oc2ccccc12. The number of anilines is 1. The van der Waals surface area contributed by atoms with Crippen LogP contribution in [-0.2, 0) is 5.41 Å². The molecule has 5 aromatic carbocycles. The third-order valence-corrected chi connectivity index (χ3v) is 11.2. The first-order chi connectivity index (χ1) is 27.1. The largest absolute Gasteiger partial charge is 0.438 e. The number of rotatable bonds is 9. The smallest absolute Gasteiger partial charge is 0.226 e. The Morgan fingerprint density at radius 3 is 2.07 bits per heavy atom. The van der Waals surface area contributed by atoms with Crippen molar-refractivity contribution in [2.75, 3.05) is 11.4 Å². The molecule has 0 N–H and O–H groups in total. The summed E-state index contributed by atoms with van der Waals surface area (Å²) >= 11 is 0. The van der Waals surface area contributed by atoms with Crippen molar-refractivity contribution in [1.29, 1.82) is 0 Å². The molecule has 0 unspecified atom stereocenters. The summed E-state index contributed by atoms with van der Waals surface area (Å²) < 4.78 is 6.32. The van der Waals surface area contributed by atoms with E-state index in [0.717, 1.165) is 46.2 Å². The summed E-state index contributed by atoms with van der Waals surface area (Å²) in [4.78, 5) is 10.7. The summed E-state index contributed by atoms with van der Waals surface area (Å²) in [6.07, 6.45) is 16.8. The van der Waals surface area contributed by atoms with E-state index in [1.54, 1.807) is 0 Å². The third-order valence-electron chi connectivity index (χ3n) is 11.2. The maximum absolute atomic E-state index is 6.32. The number of aliphatic imine (C=N–C) groups is 1. The second-order valence-corrected chi connectivity index (χ2v) is 14.4. The average molecular weight is 712 g/mol. The van der Waals surface area contributed by atoms with Crippen LogP contribution in [0.3, 0.4) is 0 Å². The summed E-state index contributed by atoms with van der Waals surface area (Å²) in [6.45, 7) is 6.93. The second-order valence-electron chi connectivity index (χ2n) is 14.4. The van der Waals surface area contributed by atoms with Gasteiger partial charge in [0.05, 0.1) is 0 Å². The van der Waals surface area contributed by atoms with Crippen LogP contribution in [0.5, 0.6) is 0 Å². The number of pyridine rings is 1. The fraction of sp³-hybridized carbons (Fsp3) is 0.0980. The van der Waals surface area contributed by atoms with Gasteiger partial charge in [0.15, 0.2) is 0 Å². The molecule has 0 bridgehead atoms. The van der Waals surface area contributed by atoms with Gasteiger partial charge in [0.2, 0.25) is 5.88 Å². The van der Waals surface area contributed by atoms with Crippen LogP contribution in [0.25, 0.3) is 38.8 Å². The number of benzene rings is 5. The predicted molar refractivity (Wildman–Crippen MR) is 230 cm³/mol. The topological polar surface area (TPSA) is 41.6 Å². The van der Waals surface area contributed by atoms with E-state index in [2.05, 4.69) is 174 Å². The second kappa shape index (κ2) is 14.6. The monoisotopic (exact) mass is 711 g/mol. The minimum Gasteiger partial charge on any atom is -0.438 e. The first-order valence-electron chi connectivity index (χ1n) is 18.9. The Morgan fingerprint density at radius 2 is 1.35 bits per heavy atom. The molecule has 7 aromatic rings. The van der Waals surface area contributed by atoms with Gasteiger partial charge >= 0.3 is 0 Å². The molecule has 9 rings (SSSR count). The number of para-hydroxylation sites is 1. The van der Waals surface area contributed by atoms with E-state index in [-0.39, 0.29) is 0 Å². The molecule has 2 aromatic heterocycles. The van der Waals surface area contributed by atoms with Gasteiger partial charge in [-0.1, -0.05) is 127 Å². The molecule has 0 radical (unpaired) electrons. The number of furan rings is 1. The molecule has 1 aliphatic carbocycles. The lowest BCUT2D eigenvalue weighted by atomic mass is 9.68. The van der Waals surface area contributed by atoms with Crippen LogP contribution in [0.4, 0.5) is 11.6 Å². The van der Waals surface area contributed by atoms with Crippen molar-refractivity contribution >= 4 is 46.0 Å². The van der Waals surface area contributed by atoms with Crippen LogP contribution in [0, 0.1) is 0 Å². The number of nitrogens with zero attached hydrogens (tertiary/aromatic N) is 3. The Bertz CT molecular complexity index is 2610. The number of aromatic nitrogens is 1. The van der Waals surface area contributed by atoms with Crippen molar-refractivity contribution < 1.29 is 4.42 Å². The summed E-state index contributed by atoms with van der Waals surface area (Å²) in [7, 11) is 0. The normalized spacial score (nSPS) is 14.3. The lowest BCUT2D eigenvalue weighted by Crippen LogP contribution is -2.27. The fourth-order valence-corrected chi connectivity index (χ4v) is 8.22. The van der Waals surface area contributed by atoms with Crippen molar-refractivity contribution in [3.63, 3.8) is 0 Å². The minimum atomic E-state index is -0.417. The predicted octanol–water partition coefficient (Wildman–Crippen LogP) is 12.9. The summed E-state index contributed by atoms with van der Waals surface area (Å²) in [5, 5.41) is 0.963. The van der Waals surface area contributed by atoms with E-state index in [0.29, 0.717) is 12.4 Å². The molecule has 0 amide bonds. The van der Waals surface area contributed by atoms with E-state index >= 15 is 0 Å². The number of allylic oxidation sites excluding steroid dienone is 6. The molecule has 4 heteroatoms. The number of hydrogen-bond acceptors (Lipinski definition) is 4. The Morgan fingerprint density at radius 1 is 0.673 bits per heavy atom. The van der Waals surface area contributed by atoms with Crippen LogP contribution in [0.2, 0.25) is 0 Å². The van der Waals surface area contributed by atoms with Gasteiger partial charge in [0.1, 0.15) is 11.3 Å². The Kier molecular flexibility index (Phi) is 9.01. The maximum Gasteiger partial charge on any atom is 0.226 e. The molecule has 1 aliphatic heterocycles. The summed E-state index contributed by atoms with van der Waals surface area (Å²) in [5.41, 5.74) is 14.7. The minimum absolute atomic E-state index is 0.417. The standard InChI is InChI=1S/C51H41N3O/c1-51(43-16-5-3-6-17-43,44-18-7-4-8-19-44)47-34-41(26-27-45(47)38-24-22-36(23-25-38)37-28-30-53-31-29-37)39-13-11-14-40(33-39)42-15-12-32-54(35-42)50-49(52-2)46-20-9-10-21-48(46)55-50/h3-22,24,26-31,33-35H,2,23,25,32H2,1H3. The average Bonchev–Trinajstić information content (AvgIpc) is 3.66. The number of hydrogen-bond donors (Lipinski definition) is 0. The Hall–Kier alpha value is -6.78. The van der Waals surface area contributed by atoms with Crippen LogP contribution >= 0.6 is 0 Å². The third kappa shape index (κ3) is 6.36. The van der Waals surface area contributed by atoms with Crippen molar-refractivity contribution in [3.8, 4) is 11.1 Å². The van der Waals surface area contributed by atoms with E-state index in [1.807, 2.05) is 36.7 Å². The molecule has 266 valence electrons. The molecular weight excluding hydrogens is 671 g/mol.